The number of hydrogen-bond donors (Lipinski definition) is 1. The molecule has 19 heavy (non-hydrogen) atoms. The van der Waals surface area contributed by atoms with Crippen molar-refractivity contribution in [3.8, 4) is 0 Å². The van der Waals surface area contributed by atoms with Gasteiger partial charge in [0, 0.05) is 6.04 Å². The van der Waals surface area contributed by atoms with E-state index in [4.69, 9.17) is 0 Å². The fourth-order valence-corrected chi connectivity index (χ4v) is 3.95. The molecule has 1 aliphatic rings. The highest BCUT2D eigenvalue weighted by atomic mass is 32.1. The summed E-state index contributed by atoms with van der Waals surface area (Å²) >= 11 is 1.68. The first-order valence-corrected chi connectivity index (χ1v) is 8.08. The zero-order chi connectivity index (χ0) is 13.2. The number of nitrogens with zero attached hydrogens (tertiary/aromatic N) is 2. The van der Waals surface area contributed by atoms with Gasteiger partial charge in [-0.1, -0.05) is 26.7 Å². The molecule has 0 spiro atoms. The van der Waals surface area contributed by atoms with Crippen LogP contribution in [0.3, 0.4) is 0 Å². The third-order valence-electron chi connectivity index (χ3n) is 4.26. The van der Waals surface area contributed by atoms with E-state index in [0.29, 0.717) is 6.04 Å². The van der Waals surface area contributed by atoms with Gasteiger partial charge < -0.3 is 5.32 Å². The number of rotatable bonds is 3. The van der Waals surface area contributed by atoms with E-state index < -0.39 is 0 Å². The van der Waals surface area contributed by atoms with Gasteiger partial charge in [0.05, 0.1) is 5.39 Å². The predicted octanol–water partition coefficient (Wildman–Crippen LogP) is 4.32. The monoisotopic (exact) mass is 275 g/mol. The van der Waals surface area contributed by atoms with Gasteiger partial charge in [-0.2, -0.15) is 0 Å². The smallest absolute Gasteiger partial charge is 0.138 e. The number of fused-ring (bicyclic) bond motifs is 1. The van der Waals surface area contributed by atoms with Crippen LogP contribution in [-0.4, -0.2) is 16.0 Å². The first kappa shape index (κ1) is 12.9. The van der Waals surface area contributed by atoms with Crippen molar-refractivity contribution in [2.45, 2.75) is 45.6 Å². The van der Waals surface area contributed by atoms with Gasteiger partial charge in [-0.3, -0.25) is 0 Å². The highest BCUT2D eigenvalue weighted by molar-refractivity contribution is 7.16. The highest BCUT2D eigenvalue weighted by Crippen LogP contribution is 2.33. The summed E-state index contributed by atoms with van der Waals surface area (Å²) in [5.74, 6) is 2.51. The summed E-state index contributed by atoms with van der Waals surface area (Å²) in [6.45, 7) is 4.68. The molecule has 4 heteroatoms. The molecule has 0 bridgehead atoms. The van der Waals surface area contributed by atoms with Gasteiger partial charge in [0.2, 0.25) is 0 Å². The molecule has 2 atom stereocenters. The first-order chi connectivity index (χ1) is 9.25. The Bertz CT molecular complexity index is 549. The van der Waals surface area contributed by atoms with E-state index in [2.05, 4.69) is 40.6 Å². The van der Waals surface area contributed by atoms with Crippen LogP contribution in [0.2, 0.25) is 0 Å². The lowest BCUT2D eigenvalue weighted by atomic mass is 9.78. The van der Waals surface area contributed by atoms with Gasteiger partial charge >= 0.3 is 0 Å². The molecule has 0 saturated heterocycles. The van der Waals surface area contributed by atoms with Gasteiger partial charge in [0.15, 0.2) is 0 Å². The third-order valence-corrected chi connectivity index (χ3v) is 5.08. The van der Waals surface area contributed by atoms with Crippen molar-refractivity contribution < 1.29 is 0 Å². The molecule has 2 heterocycles. The average molecular weight is 275 g/mol. The normalized spacial score (nSPS) is 23.9. The Kier molecular flexibility index (Phi) is 3.69. The molecule has 2 unspecified atom stereocenters. The van der Waals surface area contributed by atoms with Crippen LogP contribution in [-0.2, 0) is 0 Å². The van der Waals surface area contributed by atoms with Crippen LogP contribution in [0, 0.1) is 11.8 Å². The Morgan fingerprint density at radius 2 is 2.11 bits per heavy atom. The van der Waals surface area contributed by atoms with Crippen molar-refractivity contribution >= 4 is 27.4 Å². The topological polar surface area (TPSA) is 37.8 Å². The van der Waals surface area contributed by atoms with E-state index in [1.54, 1.807) is 17.7 Å². The van der Waals surface area contributed by atoms with Crippen molar-refractivity contribution in [2.24, 2.45) is 11.8 Å². The van der Waals surface area contributed by atoms with E-state index in [-0.39, 0.29) is 0 Å². The van der Waals surface area contributed by atoms with Crippen LogP contribution in [0.25, 0.3) is 10.2 Å². The minimum Gasteiger partial charge on any atom is -0.366 e. The second-order valence-corrected chi connectivity index (χ2v) is 6.70. The minimum atomic E-state index is 0.562. The Hall–Kier alpha value is -1.16. The Balaban J connectivity index is 1.85. The molecule has 0 amide bonds. The lowest BCUT2D eigenvalue weighted by Gasteiger charge is -2.35. The molecular formula is C15H21N3S. The number of anilines is 1. The van der Waals surface area contributed by atoms with E-state index in [0.717, 1.165) is 22.5 Å². The predicted molar refractivity (Wildman–Crippen MR) is 81.6 cm³/mol. The van der Waals surface area contributed by atoms with Gasteiger partial charge in [0.25, 0.3) is 0 Å². The maximum absolute atomic E-state index is 4.45. The summed E-state index contributed by atoms with van der Waals surface area (Å²) in [5.41, 5.74) is 0. The zero-order valence-electron chi connectivity index (χ0n) is 11.6. The van der Waals surface area contributed by atoms with Crippen LogP contribution in [0.4, 0.5) is 5.82 Å². The first-order valence-electron chi connectivity index (χ1n) is 7.20. The van der Waals surface area contributed by atoms with Gasteiger partial charge in [-0.25, -0.2) is 9.97 Å². The van der Waals surface area contributed by atoms with Gasteiger partial charge in [-0.15, -0.1) is 11.3 Å². The van der Waals surface area contributed by atoms with Gasteiger partial charge in [0.1, 0.15) is 17.0 Å². The molecule has 1 aliphatic carbocycles. The Morgan fingerprint density at radius 1 is 1.26 bits per heavy atom. The molecule has 2 aromatic heterocycles. The molecule has 0 aromatic carbocycles. The molecule has 3 rings (SSSR count). The maximum Gasteiger partial charge on any atom is 0.138 e. The summed E-state index contributed by atoms with van der Waals surface area (Å²) in [7, 11) is 0. The molecular weight excluding hydrogens is 254 g/mol. The van der Waals surface area contributed by atoms with Crippen LogP contribution >= 0.6 is 11.3 Å². The quantitative estimate of drug-likeness (QED) is 0.906. The minimum absolute atomic E-state index is 0.562. The molecule has 0 aliphatic heterocycles. The van der Waals surface area contributed by atoms with Crippen LogP contribution in [0.15, 0.2) is 17.8 Å². The Morgan fingerprint density at radius 3 is 2.95 bits per heavy atom. The van der Waals surface area contributed by atoms with Gasteiger partial charge in [-0.05, 0) is 36.1 Å². The summed E-state index contributed by atoms with van der Waals surface area (Å²) in [5, 5.41) is 6.95. The molecule has 1 saturated carbocycles. The van der Waals surface area contributed by atoms with Crippen molar-refractivity contribution in [2.75, 3.05) is 5.32 Å². The van der Waals surface area contributed by atoms with E-state index in [1.807, 2.05) is 0 Å². The molecule has 0 radical (unpaired) electrons. The van der Waals surface area contributed by atoms with Crippen molar-refractivity contribution in [3.63, 3.8) is 0 Å². The van der Waals surface area contributed by atoms with Crippen LogP contribution in [0.1, 0.15) is 39.5 Å². The van der Waals surface area contributed by atoms with E-state index in [9.17, 15) is 0 Å². The summed E-state index contributed by atoms with van der Waals surface area (Å²) in [6, 6.07) is 2.68. The molecule has 102 valence electrons. The Labute approximate surface area is 118 Å². The second-order valence-electron chi connectivity index (χ2n) is 5.80. The van der Waals surface area contributed by atoms with Crippen LogP contribution in [0.5, 0.6) is 0 Å². The average Bonchev–Trinajstić information content (AvgIpc) is 2.88. The molecule has 2 aromatic rings. The van der Waals surface area contributed by atoms with Crippen LogP contribution < -0.4 is 5.32 Å². The fraction of sp³-hybridized carbons (Fsp3) is 0.600. The summed E-state index contributed by atoms with van der Waals surface area (Å²) in [6.07, 6.45) is 6.98. The highest BCUT2D eigenvalue weighted by Gasteiger charge is 2.28. The zero-order valence-corrected chi connectivity index (χ0v) is 12.4. The maximum atomic E-state index is 4.45. The summed E-state index contributed by atoms with van der Waals surface area (Å²) < 4.78 is 0. The summed E-state index contributed by atoms with van der Waals surface area (Å²) in [4.78, 5) is 9.85. The number of aromatic nitrogens is 2. The number of hydrogen-bond acceptors (Lipinski definition) is 4. The second kappa shape index (κ2) is 5.45. The van der Waals surface area contributed by atoms with E-state index >= 15 is 0 Å². The largest absolute Gasteiger partial charge is 0.366 e. The van der Waals surface area contributed by atoms with E-state index in [1.165, 1.54) is 31.1 Å². The lowest BCUT2D eigenvalue weighted by molar-refractivity contribution is 0.253. The third kappa shape index (κ3) is 2.59. The van der Waals surface area contributed by atoms with Crippen molar-refractivity contribution in [1.29, 1.82) is 0 Å². The molecule has 3 nitrogen and oxygen atoms in total. The molecule has 1 fully saturated rings. The number of thiophene rings is 1. The fourth-order valence-electron chi connectivity index (χ4n) is 3.22. The lowest BCUT2D eigenvalue weighted by Crippen LogP contribution is -2.35. The molecule has 1 N–H and O–H groups in total. The number of nitrogens with one attached hydrogen (secondary N) is 1. The van der Waals surface area contributed by atoms with Crippen molar-refractivity contribution in [3.05, 3.63) is 17.8 Å². The van der Waals surface area contributed by atoms with Crippen molar-refractivity contribution in [1.82, 2.24) is 9.97 Å². The SMILES string of the molecule is CC(C)C1CCCCC1Nc1ncnc2sccc12. The standard InChI is InChI=1S/C15H21N3S/c1-10(2)11-5-3-4-6-13(11)18-14-12-7-8-19-15(12)17-9-16-14/h7-11,13H,3-6H2,1-2H3,(H,16,17,18).